The first-order chi connectivity index (χ1) is 32.0. The van der Waals surface area contributed by atoms with Crippen molar-refractivity contribution in [3.63, 3.8) is 0 Å². The predicted molar refractivity (Wildman–Crippen MR) is 227 cm³/mol. The van der Waals surface area contributed by atoms with E-state index in [1.54, 1.807) is 39.5 Å². The molecule has 0 amide bonds. The van der Waals surface area contributed by atoms with Crippen molar-refractivity contribution in [1.82, 2.24) is 19.1 Å². The zero-order valence-electron chi connectivity index (χ0n) is 41.4. The van der Waals surface area contributed by atoms with E-state index in [1.165, 1.54) is 12.4 Å². The summed E-state index contributed by atoms with van der Waals surface area (Å²) in [7, 11) is 0. The van der Waals surface area contributed by atoms with Crippen LogP contribution in [-0.2, 0) is 26.5 Å². The van der Waals surface area contributed by atoms with Crippen LogP contribution in [0.4, 0.5) is 0 Å². The molecule has 0 radical (unpaired) electrons. The van der Waals surface area contributed by atoms with Gasteiger partial charge in [-0.2, -0.15) is 18.2 Å². The molecule has 0 saturated heterocycles. The standard InChI is InChI=1S/C51H37N5O.Pt/c1-51(2,3)37-27-28-53-49(29-37)56-45-22-11-10-21-41(45)42-26-25-40(31-48(42)56)57-39-20-14-19-38(30-39)54-34-55(47-24-13-12-23-46(47)54)50-43(35-15-6-4-7-16-35)32-52-33-44(50)36-17-8-5-9-18-36;/h4-29,32-33H,1-3H3;/q-2;/i4D,5D,6D,7D,8D,9D,15D,16D,17D,18D;. The van der Waals surface area contributed by atoms with Gasteiger partial charge in [0.15, 0.2) is 0 Å². The molecule has 7 heteroatoms. The molecule has 0 N–H and O–H groups in total. The number of ether oxygens (including phenoxy) is 1. The number of nitrogens with zero attached hydrogens (tertiary/aromatic N) is 5. The van der Waals surface area contributed by atoms with Gasteiger partial charge in [-0.25, -0.2) is 4.98 Å². The minimum atomic E-state index is -0.591. The summed E-state index contributed by atoms with van der Waals surface area (Å²) in [4.78, 5) is 9.16. The van der Waals surface area contributed by atoms with E-state index in [9.17, 15) is 0 Å². The summed E-state index contributed by atoms with van der Waals surface area (Å²) in [6.07, 6.45) is 7.86. The molecular weight excluding hydrogens is 894 g/mol. The van der Waals surface area contributed by atoms with Crippen molar-refractivity contribution in [3.05, 3.63) is 194 Å². The summed E-state index contributed by atoms with van der Waals surface area (Å²) in [5.41, 5.74) is 4.14. The number of imidazole rings is 1. The second-order valence-electron chi connectivity index (χ2n) is 14.4. The van der Waals surface area contributed by atoms with Gasteiger partial charge in [-0.1, -0.05) is 129 Å². The summed E-state index contributed by atoms with van der Waals surface area (Å²) in [6.45, 7) is 6.49. The Morgan fingerprint density at radius 2 is 1.36 bits per heavy atom. The van der Waals surface area contributed by atoms with Gasteiger partial charge in [0.1, 0.15) is 5.82 Å². The molecule has 0 spiro atoms. The fourth-order valence-corrected chi connectivity index (χ4v) is 7.16. The minimum absolute atomic E-state index is 0. The Bertz CT molecular complexity index is 3550. The number of aromatic nitrogens is 5. The van der Waals surface area contributed by atoms with Crippen molar-refractivity contribution >= 4 is 32.8 Å². The molecule has 0 bridgehead atoms. The topological polar surface area (TPSA) is 48.8 Å². The monoisotopic (exact) mass is 940 g/mol. The smallest absolute Gasteiger partial charge is 0.268 e. The van der Waals surface area contributed by atoms with Crippen LogP contribution in [0, 0.1) is 18.5 Å². The van der Waals surface area contributed by atoms with Crippen LogP contribution >= 0.6 is 0 Å². The van der Waals surface area contributed by atoms with Gasteiger partial charge in [-0.05, 0) is 51.4 Å². The quantitative estimate of drug-likeness (QED) is 0.118. The predicted octanol–water partition coefficient (Wildman–Crippen LogP) is 11.6. The van der Waals surface area contributed by atoms with Crippen LogP contribution in [0.15, 0.2) is 170 Å². The minimum Gasteiger partial charge on any atom is -0.510 e. The number of fused-ring (bicyclic) bond motifs is 4. The van der Waals surface area contributed by atoms with E-state index in [2.05, 4.69) is 67.0 Å². The summed E-state index contributed by atoms with van der Waals surface area (Å²) in [5.74, 6) is 1.53. The number of hydrogen-bond donors (Lipinski definition) is 0. The van der Waals surface area contributed by atoms with Gasteiger partial charge in [0.25, 0.3) is 6.33 Å². The van der Waals surface area contributed by atoms with E-state index in [4.69, 9.17) is 23.4 Å². The Balaban J connectivity index is 0.00000578. The third-order valence-corrected chi connectivity index (χ3v) is 9.85. The average molecular weight is 941 g/mol. The SMILES string of the molecule is [2H]c1c([2H])c([2H])c(-c2cncc(-c3c([2H])c([2H])c([2H])c([2H])c3[2H])c2-[n+]2[c-]n(-c3[c-]c(Oc4[c-]c5c(cc4)c4ccccc4n5-c4cc(C(C)(C)C)ccn4)ccc3)c3ccccc32)c([2H])c1[2H].[Pt]. The Morgan fingerprint density at radius 1 is 0.690 bits per heavy atom. The molecule has 0 aliphatic carbocycles. The van der Waals surface area contributed by atoms with E-state index in [0.29, 0.717) is 28.2 Å². The van der Waals surface area contributed by atoms with Crippen molar-refractivity contribution in [1.29, 1.82) is 0 Å². The maximum atomic E-state index is 8.96. The van der Waals surface area contributed by atoms with Gasteiger partial charge in [-0.3, -0.25) is 9.55 Å². The molecule has 0 aliphatic rings. The van der Waals surface area contributed by atoms with Crippen LogP contribution < -0.4 is 9.30 Å². The number of pyridine rings is 2. The van der Waals surface area contributed by atoms with Crippen molar-refractivity contribution in [2.45, 2.75) is 26.2 Å². The van der Waals surface area contributed by atoms with Crippen LogP contribution in [-0.4, -0.2) is 19.1 Å². The number of benzene rings is 6. The third kappa shape index (κ3) is 6.59. The fraction of sp³-hybridized carbons (Fsp3) is 0.0784. The Labute approximate surface area is 366 Å². The second kappa shape index (κ2) is 15.0. The molecule has 6 nitrogen and oxygen atoms in total. The van der Waals surface area contributed by atoms with Crippen LogP contribution in [0.5, 0.6) is 11.5 Å². The number of rotatable bonds is 7. The summed E-state index contributed by atoms with van der Waals surface area (Å²) >= 11 is 0. The van der Waals surface area contributed by atoms with Crippen molar-refractivity contribution in [2.24, 2.45) is 0 Å². The molecule has 10 aromatic rings. The van der Waals surface area contributed by atoms with Gasteiger partial charge in [-0.15, -0.1) is 29.7 Å². The molecule has 6 aromatic carbocycles. The first-order valence-corrected chi connectivity index (χ1v) is 18.3. The molecule has 0 atom stereocenters. The molecule has 284 valence electrons. The van der Waals surface area contributed by atoms with Crippen LogP contribution in [0.25, 0.3) is 72.3 Å². The number of hydrogen-bond acceptors (Lipinski definition) is 3. The van der Waals surface area contributed by atoms with Gasteiger partial charge in [0.2, 0.25) is 0 Å². The fourth-order valence-electron chi connectivity index (χ4n) is 7.16. The van der Waals surface area contributed by atoms with E-state index < -0.39 is 60.4 Å². The maximum absolute atomic E-state index is 8.96. The number of para-hydroxylation sites is 3. The van der Waals surface area contributed by atoms with Crippen molar-refractivity contribution < 1.29 is 44.1 Å². The van der Waals surface area contributed by atoms with Gasteiger partial charge >= 0.3 is 0 Å². The van der Waals surface area contributed by atoms with Crippen molar-refractivity contribution in [3.8, 4) is 50.9 Å². The molecule has 4 heterocycles. The first kappa shape index (κ1) is 27.1. The Hall–Kier alpha value is -6.62. The molecule has 0 unspecified atom stereocenters. The molecule has 58 heavy (non-hydrogen) atoms. The van der Waals surface area contributed by atoms with E-state index in [-0.39, 0.29) is 54.4 Å². The Morgan fingerprint density at radius 3 is 2.09 bits per heavy atom. The zero-order chi connectivity index (χ0) is 47.2. The van der Waals surface area contributed by atoms with Gasteiger partial charge < -0.3 is 13.9 Å². The zero-order valence-corrected chi connectivity index (χ0v) is 33.6. The third-order valence-electron chi connectivity index (χ3n) is 9.85. The summed E-state index contributed by atoms with van der Waals surface area (Å²) in [5, 5.41) is 2.02. The van der Waals surface area contributed by atoms with Crippen LogP contribution in [0.3, 0.4) is 0 Å². The van der Waals surface area contributed by atoms with E-state index >= 15 is 0 Å². The van der Waals surface area contributed by atoms with Crippen LogP contribution in [0.2, 0.25) is 0 Å². The summed E-state index contributed by atoms with van der Waals surface area (Å²) < 4.78 is 98.3. The molecule has 0 saturated carbocycles. The molecule has 10 rings (SSSR count). The second-order valence-corrected chi connectivity index (χ2v) is 14.4. The van der Waals surface area contributed by atoms with E-state index in [0.717, 1.165) is 33.2 Å². The van der Waals surface area contributed by atoms with Crippen LogP contribution in [0.1, 0.15) is 40.0 Å². The Kier molecular flexibility index (Phi) is 7.02. The molecule has 0 aliphatic heterocycles. The summed E-state index contributed by atoms with van der Waals surface area (Å²) in [6, 6.07) is 30.0. The van der Waals surface area contributed by atoms with Gasteiger partial charge in [0, 0.05) is 67.8 Å². The molecule has 0 fully saturated rings. The first-order valence-electron chi connectivity index (χ1n) is 23.3. The average Bonchev–Trinajstić information content (AvgIpc) is 3.87. The van der Waals surface area contributed by atoms with Gasteiger partial charge in [0.05, 0.1) is 30.4 Å². The normalized spacial score (nSPS) is 14.0. The molecule has 4 aromatic heterocycles. The largest absolute Gasteiger partial charge is 0.510 e. The molecular formula is C51H37N5OPt-2. The van der Waals surface area contributed by atoms with E-state index in [1.807, 2.05) is 48.7 Å². The maximum Gasteiger partial charge on any atom is 0.268 e. The van der Waals surface area contributed by atoms with Crippen molar-refractivity contribution in [2.75, 3.05) is 0 Å².